The fraction of sp³-hybridized carbons (Fsp3) is 0.0526. The Morgan fingerprint density at radius 2 is 1.17 bits per heavy atom. The van der Waals surface area contributed by atoms with Gasteiger partial charge in [-0.3, -0.25) is 0 Å². The van der Waals surface area contributed by atoms with Crippen molar-refractivity contribution in [2.24, 2.45) is 0 Å². The average Bonchev–Trinajstić information content (AvgIpc) is 3.67. The molecule has 0 heterocycles. The summed E-state index contributed by atoms with van der Waals surface area (Å²) in [5.41, 5.74) is 10.9. The Balaban J connectivity index is 0.000000166. The first-order chi connectivity index (χ1) is 19.3. The number of halogens is 2. The van der Waals surface area contributed by atoms with E-state index >= 15 is 0 Å². The molecule has 0 amide bonds. The summed E-state index contributed by atoms with van der Waals surface area (Å²) in [6, 6.07) is 58.2. The van der Waals surface area contributed by atoms with Crippen molar-refractivity contribution in [3.8, 4) is 11.1 Å². The molecule has 0 saturated carbocycles. The smallest absolute Gasteiger partial charge is 0.0253 e. The number of benzene rings is 5. The third kappa shape index (κ3) is 9.14. The first kappa shape index (κ1) is 32.3. The zero-order chi connectivity index (χ0) is 26.7. The van der Waals surface area contributed by atoms with Crippen LogP contribution in [0.5, 0.6) is 0 Å². The van der Waals surface area contributed by atoms with Gasteiger partial charge in [0.15, 0.2) is 0 Å². The Kier molecular flexibility index (Phi) is 13.3. The van der Waals surface area contributed by atoms with Gasteiger partial charge in [0.05, 0.1) is 0 Å². The van der Waals surface area contributed by atoms with Crippen LogP contribution in [0.25, 0.3) is 11.1 Å². The van der Waals surface area contributed by atoms with Gasteiger partial charge in [0, 0.05) is 0 Å². The predicted molar refractivity (Wildman–Crippen MR) is 161 cm³/mol. The van der Waals surface area contributed by atoms with Gasteiger partial charge in [0.2, 0.25) is 0 Å². The Hall–Kier alpha value is -3.22. The van der Waals surface area contributed by atoms with E-state index in [0.29, 0.717) is 0 Å². The number of hydrogen-bond acceptors (Lipinski definition) is 0. The van der Waals surface area contributed by atoms with Crippen LogP contribution in [0.15, 0.2) is 158 Å². The Morgan fingerprint density at radius 3 is 1.78 bits per heavy atom. The molecule has 0 fully saturated rings. The van der Waals surface area contributed by atoms with E-state index in [-0.39, 0.29) is 24.8 Å². The SMILES string of the molecule is [Cl-].[Cl-].[Zr+2]=[C](c1ccccc1)c1ccccc1.[c-]1cccc2c1Cc1ccccc1-2.c1ccc(Cc2cc[cH-]c2)cc1. The van der Waals surface area contributed by atoms with E-state index in [1.54, 1.807) is 0 Å². The van der Waals surface area contributed by atoms with Crippen molar-refractivity contribution < 1.29 is 49.0 Å². The fourth-order valence-corrected chi connectivity index (χ4v) is 5.56. The van der Waals surface area contributed by atoms with Gasteiger partial charge in [0.25, 0.3) is 0 Å². The first-order valence-electron chi connectivity index (χ1n) is 13.3. The second kappa shape index (κ2) is 16.9. The molecular weight excluding hydrogens is 619 g/mol. The molecule has 0 aromatic heterocycles. The maximum Gasteiger partial charge on any atom is -0.0253 e. The molecule has 0 aliphatic heterocycles. The van der Waals surface area contributed by atoms with Crippen LogP contribution in [0.2, 0.25) is 0 Å². The van der Waals surface area contributed by atoms with Crippen molar-refractivity contribution in [1.29, 1.82) is 0 Å². The van der Waals surface area contributed by atoms with E-state index in [2.05, 4.69) is 158 Å². The van der Waals surface area contributed by atoms with Gasteiger partial charge < -0.3 is 24.8 Å². The van der Waals surface area contributed by atoms with E-state index in [1.807, 2.05) is 6.07 Å². The third-order valence-corrected chi connectivity index (χ3v) is 8.14. The van der Waals surface area contributed by atoms with Crippen LogP contribution in [-0.4, -0.2) is 3.21 Å². The second-order valence-electron chi connectivity index (χ2n) is 9.46. The third-order valence-electron chi connectivity index (χ3n) is 6.72. The van der Waals surface area contributed by atoms with Crippen LogP contribution in [0.1, 0.15) is 33.4 Å². The zero-order valence-electron chi connectivity index (χ0n) is 22.7. The van der Waals surface area contributed by atoms with Crippen LogP contribution < -0.4 is 24.8 Å². The predicted octanol–water partition coefficient (Wildman–Crippen LogP) is 2.86. The molecule has 6 aromatic carbocycles. The second-order valence-corrected chi connectivity index (χ2v) is 10.7. The molecular formula is C38H30Cl2Zr-2. The molecule has 0 nitrogen and oxygen atoms in total. The summed E-state index contributed by atoms with van der Waals surface area (Å²) in [4.78, 5) is 0. The Labute approximate surface area is 271 Å². The largest absolute Gasteiger partial charge is 0.210 e. The molecule has 0 N–H and O–H groups in total. The number of rotatable bonds is 4. The van der Waals surface area contributed by atoms with Gasteiger partial charge in [0.1, 0.15) is 0 Å². The topological polar surface area (TPSA) is 0 Å². The minimum atomic E-state index is 0. The van der Waals surface area contributed by atoms with Crippen molar-refractivity contribution in [2.75, 3.05) is 0 Å². The van der Waals surface area contributed by atoms with E-state index in [9.17, 15) is 0 Å². The first-order valence-corrected chi connectivity index (χ1v) is 14.5. The minimum Gasteiger partial charge on any atom is -0.210 e. The van der Waals surface area contributed by atoms with Crippen LogP contribution >= 0.6 is 0 Å². The van der Waals surface area contributed by atoms with Gasteiger partial charge in [-0.2, -0.15) is 53.6 Å². The molecule has 7 rings (SSSR count). The zero-order valence-corrected chi connectivity index (χ0v) is 26.7. The molecule has 6 aromatic rings. The Morgan fingerprint density at radius 1 is 0.610 bits per heavy atom. The van der Waals surface area contributed by atoms with E-state index in [4.69, 9.17) is 0 Å². The van der Waals surface area contributed by atoms with Gasteiger partial charge in [-0.1, -0.05) is 77.7 Å². The number of fused-ring (bicyclic) bond motifs is 3. The molecule has 0 atom stereocenters. The molecule has 41 heavy (non-hydrogen) atoms. The maximum atomic E-state index is 3.30. The van der Waals surface area contributed by atoms with Crippen molar-refractivity contribution in [2.45, 2.75) is 12.8 Å². The fourth-order valence-electron chi connectivity index (χ4n) is 4.74. The molecule has 0 radical (unpaired) electrons. The van der Waals surface area contributed by atoms with E-state index in [1.165, 1.54) is 71.9 Å². The van der Waals surface area contributed by atoms with E-state index in [0.717, 1.165) is 12.8 Å². The molecule has 3 heteroatoms. The molecule has 202 valence electrons. The normalized spacial score (nSPS) is 10.2. The van der Waals surface area contributed by atoms with Gasteiger partial charge in [-0.25, -0.2) is 6.07 Å². The summed E-state index contributed by atoms with van der Waals surface area (Å²) in [7, 11) is 0. The van der Waals surface area contributed by atoms with Crippen LogP contribution in [0.4, 0.5) is 0 Å². The summed E-state index contributed by atoms with van der Waals surface area (Å²) < 4.78 is 1.42. The van der Waals surface area contributed by atoms with Crippen LogP contribution in [-0.2, 0) is 37.1 Å². The van der Waals surface area contributed by atoms with Crippen molar-refractivity contribution >= 4 is 3.21 Å². The molecule has 1 aliphatic carbocycles. The summed E-state index contributed by atoms with van der Waals surface area (Å²) in [6.45, 7) is 0. The summed E-state index contributed by atoms with van der Waals surface area (Å²) in [5.74, 6) is 0. The quantitative estimate of drug-likeness (QED) is 0.258. The van der Waals surface area contributed by atoms with Crippen LogP contribution in [0.3, 0.4) is 0 Å². The number of hydrogen-bond donors (Lipinski definition) is 0. The van der Waals surface area contributed by atoms with Crippen molar-refractivity contribution in [3.63, 3.8) is 0 Å². The summed E-state index contributed by atoms with van der Waals surface area (Å²) in [5, 5.41) is 0. The standard InChI is InChI=1S/C13H9.C13H10.C12H11.2ClH.Zr/c1-3-7-12-10(5-1)9-11-6-2-4-8-13(11)12;1-3-7-12(8-4-1)11-13-9-5-2-6-10-13;1-2-6-11(7-3-1)10-12-8-4-5-9-12;;;/h1-5,7-8H,9H2;1-10H;1-9H,10H2;2*1H;/q-1;;-1;;;+2/p-2. The molecule has 0 spiro atoms. The summed E-state index contributed by atoms with van der Waals surface area (Å²) >= 11 is 1.46. The van der Waals surface area contributed by atoms with Crippen molar-refractivity contribution in [1.82, 2.24) is 0 Å². The van der Waals surface area contributed by atoms with Gasteiger partial charge >= 0.3 is 99.2 Å². The average molecular weight is 649 g/mol. The molecule has 1 aliphatic rings. The molecule has 0 unspecified atom stereocenters. The molecule has 0 bridgehead atoms. The molecule has 0 saturated heterocycles. The summed E-state index contributed by atoms with van der Waals surface area (Å²) in [6.07, 6.45) is 2.10. The van der Waals surface area contributed by atoms with Crippen molar-refractivity contribution in [3.05, 3.63) is 197 Å². The van der Waals surface area contributed by atoms with Gasteiger partial charge in [-0.15, -0.1) is 5.56 Å². The monoisotopic (exact) mass is 646 g/mol. The minimum absolute atomic E-state index is 0. The maximum absolute atomic E-state index is 3.30. The van der Waals surface area contributed by atoms with Gasteiger partial charge in [-0.05, 0) is 6.42 Å². The van der Waals surface area contributed by atoms with Crippen LogP contribution in [0, 0.1) is 6.07 Å². The van der Waals surface area contributed by atoms with E-state index < -0.39 is 0 Å². The Bertz CT molecular complexity index is 1510.